The molecule has 1 N–H and O–H groups in total. The fourth-order valence-corrected chi connectivity index (χ4v) is 3.43. The first-order chi connectivity index (χ1) is 15.1. The van der Waals surface area contributed by atoms with Crippen LogP contribution in [0, 0.1) is 10.1 Å². The second-order valence-corrected chi connectivity index (χ2v) is 6.90. The zero-order valence-corrected chi connectivity index (χ0v) is 16.1. The number of carbonyl (C=O) groups excluding carboxylic acids is 1. The van der Waals surface area contributed by atoms with Gasteiger partial charge in [-0.3, -0.25) is 14.9 Å². The Morgan fingerprint density at radius 3 is 2.55 bits per heavy atom. The maximum Gasteiger partial charge on any atom is 0.269 e. The molecule has 0 spiro atoms. The molecule has 1 amide bonds. The number of fused-ring (bicyclic) bond motifs is 2. The van der Waals surface area contributed by atoms with E-state index in [1.54, 1.807) is 6.07 Å². The second-order valence-electron chi connectivity index (χ2n) is 6.90. The monoisotopic (exact) mass is 413 g/mol. The number of anilines is 1. The number of carbonyl (C=O) groups is 1. The van der Waals surface area contributed by atoms with Crippen LogP contribution >= 0.6 is 0 Å². The van der Waals surface area contributed by atoms with E-state index in [1.807, 2.05) is 42.5 Å². The summed E-state index contributed by atoms with van der Waals surface area (Å²) in [5, 5.41) is 14.3. The molecule has 152 valence electrons. The third kappa shape index (κ3) is 3.51. The predicted molar refractivity (Wildman–Crippen MR) is 114 cm³/mol. The number of nitro groups is 1. The van der Waals surface area contributed by atoms with Crippen LogP contribution in [-0.4, -0.2) is 22.6 Å². The van der Waals surface area contributed by atoms with Gasteiger partial charge in [0.05, 0.1) is 21.7 Å². The van der Waals surface area contributed by atoms with Crippen molar-refractivity contribution in [3.63, 3.8) is 0 Å². The molecule has 1 aliphatic rings. The molecular weight excluding hydrogens is 398 g/mol. The molecule has 1 aromatic heterocycles. The van der Waals surface area contributed by atoms with E-state index in [9.17, 15) is 14.9 Å². The van der Waals surface area contributed by atoms with Crippen LogP contribution in [0.3, 0.4) is 0 Å². The van der Waals surface area contributed by atoms with Gasteiger partial charge < -0.3 is 14.8 Å². The topological polar surface area (TPSA) is 104 Å². The summed E-state index contributed by atoms with van der Waals surface area (Å²) in [4.78, 5) is 28.2. The van der Waals surface area contributed by atoms with Gasteiger partial charge in [0.2, 0.25) is 6.79 Å². The normalized spacial score (nSPS) is 12.0. The molecular formula is C23H15N3O5. The molecule has 0 saturated heterocycles. The fourth-order valence-electron chi connectivity index (χ4n) is 3.43. The maximum absolute atomic E-state index is 13.1. The highest BCUT2D eigenvalue weighted by atomic mass is 16.7. The van der Waals surface area contributed by atoms with Crippen LogP contribution < -0.4 is 14.8 Å². The first-order valence-corrected chi connectivity index (χ1v) is 9.44. The minimum absolute atomic E-state index is 0.0440. The first kappa shape index (κ1) is 18.6. The van der Waals surface area contributed by atoms with Crippen LogP contribution in [0.4, 0.5) is 11.4 Å². The number of rotatable bonds is 4. The van der Waals surface area contributed by atoms with Crippen LogP contribution in [-0.2, 0) is 0 Å². The van der Waals surface area contributed by atoms with Crippen molar-refractivity contribution in [1.29, 1.82) is 0 Å². The van der Waals surface area contributed by atoms with E-state index in [2.05, 4.69) is 5.32 Å². The number of nitrogens with one attached hydrogen (secondary N) is 1. The lowest BCUT2D eigenvalue weighted by atomic mass is 10.0. The molecule has 5 rings (SSSR count). The summed E-state index contributed by atoms with van der Waals surface area (Å²) in [6.45, 7) is 0.173. The minimum atomic E-state index is -0.486. The molecule has 31 heavy (non-hydrogen) atoms. The largest absolute Gasteiger partial charge is 0.454 e. The Kier molecular flexibility index (Phi) is 4.44. The van der Waals surface area contributed by atoms with E-state index in [1.165, 1.54) is 24.3 Å². The molecule has 8 heteroatoms. The molecule has 0 atom stereocenters. The van der Waals surface area contributed by atoms with E-state index in [-0.39, 0.29) is 18.4 Å². The summed E-state index contributed by atoms with van der Waals surface area (Å²) in [5.41, 5.74) is 2.94. The summed E-state index contributed by atoms with van der Waals surface area (Å²) < 4.78 is 10.8. The number of ether oxygens (including phenoxy) is 2. The number of benzene rings is 3. The van der Waals surface area contributed by atoms with Crippen molar-refractivity contribution < 1.29 is 19.2 Å². The number of pyridine rings is 1. The number of para-hydroxylation sites is 1. The van der Waals surface area contributed by atoms with E-state index in [0.717, 1.165) is 5.56 Å². The average Bonchev–Trinajstić information content (AvgIpc) is 3.26. The van der Waals surface area contributed by atoms with Crippen LogP contribution in [0.15, 0.2) is 72.8 Å². The molecule has 8 nitrogen and oxygen atoms in total. The van der Waals surface area contributed by atoms with Crippen LogP contribution in [0.25, 0.3) is 22.2 Å². The molecule has 1 aliphatic heterocycles. The lowest BCUT2D eigenvalue weighted by Crippen LogP contribution is -2.13. The molecule has 0 saturated carbocycles. The summed E-state index contributed by atoms with van der Waals surface area (Å²) in [7, 11) is 0. The maximum atomic E-state index is 13.1. The molecule has 4 aromatic rings. The van der Waals surface area contributed by atoms with E-state index < -0.39 is 4.92 Å². The lowest BCUT2D eigenvalue weighted by molar-refractivity contribution is -0.384. The average molecular weight is 413 g/mol. The van der Waals surface area contributed by atoms with Gasteiger partial charge in [-0.05, 0) is 42.5 Å². The van der Waals surface area contributed by atoms with Crippen molar-refractivity contribution in [2.45, 2.75) is 0 Å². The molecule has 3 aromatic carbocycles. The van der Waals surface area contributed by atoms with Crippen LogP contribution in [0.5, 0.6) is 11.5 Å². The Balaban J connectivity index is 1.54. The summed E-state index contributed by atoms with van der Waals surface area (Å²) in [6.07, 6.45) is 0. The zero-order valence-electron chi connectivity index (χ0n) is 16.1. The smallest absolute Gasteiger partial charge is 0.269 e. The number of nitrogens with zero attached hydrogens (tertiary/aromatic N) is 2. The lowest BCUT2D eigenvalue weighted by Gasteiger charge is -2.11. The molecule has 0 aliphatic carbocycles. The van der Waals surface area contributed by atoms with Gasteiger partial charge in [-0.2, -0.15) is 0 Å². The number of nitro benzene ring substituents is 1. The van der Waals surface area contributed by atoms with Gasteiger partial charge in [-0.15, -0.1) is 0 Å². The van der Waals surface area contributed by atoms with E-state index in [0.29, 0.717) is 39.3 Å². The van der Waals surface area contributed by atoms with Crippen LogP contribution in [0.1, 0.15) is 10.4 Å². The number of aromatic nitrogens is 1. The Bertz CT molecular complexity index is 1340. The fraction of sp³-hybridized carbons (Fsp3) is 0.0435. The quantitative estimate of drug-likeness (QED) is 0.381. The van der Waals surface area contributed by atoms with Crippen LogP contribution in [0.2, 0.25) is 0 Å². The van der Waals surface area contributed by atoms with Gasteiger partial charge in [0.1, 0.15) is 0 Å². The number of hydrogen-bond acceptors (Lipinski definition) is 6. The van der Waals surface area contributed by atoms with Crippen molar-refractivity contribution in [1.82, 2.24) is 4.98 Å². The van der Waals surface area contributed by atoms with Gasteiger partial charge in [-0.1, -0.05) is 18.2 Å². The summed E-state index contributed by atoms with van der Waals surface area (Å²) in [6, 6.07) is 20.3. The predicted octanol–water partition coefficient (Wildman–Crippen LogP) is 4.79. The van der Waals surface area contributed by atoms with Gasteiger partial charge in [0.15, 0.2) is 11.5 Å². The Labute approximate surface area is 176 Å². The second kappa shape index (κ2) is 7.42. The third-order valence-electron chi connectivity index (χ3n) is 4.97. The first-order valence-electron chi connectivity index (χ1n) is 9.44. The van der Waals surface area contributed by atoms with Crippen molar-refractivity contribution in [3.8, 4) is 22.8 Å². The molecule has 0 fully saturated rings. The third-order valence-corrected chi connectivity index (χ3v) is 4.97. The van der Waals surface area contributed by atoms with Crippen molar-refractivity contribution in [2.24, 2.45) is 0 Å². The molecule has 0 bridgehead atoms. The van der Waals surface area contributed by atoms with E-state index in [4.69, 9.17) is 14.5 Å². The van der Waals surface area contributed by atoms with Gasteiger partial charge in [0.25, 0.3) is 11.6 Å². The standard InChI is InChI=1S/C23H15N3O5/c27-23(24-15-6-8-16(9-7-15)26(28)29)18-12-20(25-19-4-2-1-3-17(18)19)14-5-10-21-22(11-14)31-13-30-21/h1-12H,13H2,(H,24,27). The Morgan fingerprint density at radius 2 is 1.74 bits per heavy atom. The minimum Gasteiger partial charge on any atom is -0.454 e. The Morgan fingerprint density at radius 1 is 0.968 bits per heavy atom. The van der Waals surface area contributed by atoms with Crippen molar-refractivity contribution >= 4 is 28.2 Å². The van der Waals surface area contributed by atoms with E-state index >= 15 is 0 Å². The highest BCUT2D eigenvalue weighted by Gasteiger charge is 2.18. The molecule has 0 radical (unpaired) electrons. The number of amides is 1. The van der Waals surface area contributed by atoms with Gasteiger partial charge in [-0.25, -0.2) is 4.98 Å². The highest BCUT2D eigenvalue weighted by Crippen LogP contribution is 2.36. The number of hydrogen-bond donors (Lipinski definition) is 1. The highest BCUT2D eigenvalue weighted by molar-refractivity contribution is 6.13. The Hall–Kier alpha value is -4.46. The summed E-state index contributed by atoms with van der Waals surface area (Å²) >= 11 is 0. The SMILES string of the molecule is O=C(Nc1ccc([N+](=O)[O-])cc1)c1cc(-c2ccc3c(c2)OCO3)nc2ccccc12. The molecule has 0 unspecified atom stereocenters. The van der Waals surface area contributed by atoms with Crippen molar-refractivity contribution in [3.05, 3.63) is 88.5 Å². The number of non-ortho nitro benzene ring substituents is 1. The zero-order chi connectivity index (χ0) is 21.4. The summed E-state index contributed by atoms with van der Waals surface area (Å²) in [5.74, 6) is 0.958. The molecule has 2 heterocycles. The van der Waals surface area contributed by atoms with Gasteiger partial charge >= 0.3 is 0 Å². The van der Waals surface area contributed by atoms with Gasteiger partial charge in [0, 0.05) is 28.8 Å². The van der Waals surface area contributed by atoms with Crippen molar-refractivity contribution in [2.75, 3.05) is 12.1 Å².